The number of rotatable bonds is 14. The van der Waals surface area contributed by atoms with Crippen LogP contribution in [0.15, 0.2) is 146 Å². The molecule has 75 heavy (non-hydrogen) atoms. The molecular formula is C59H54F2N6O8. The Morgan fingerprint density at radius 3 is 1.43 bits per heavy atom. The number of phenolic OH excluding ortho intramolecular Hbond substituents is 1. The molecule has 0 bridgehead atoms. The number of hydrogen-bond acceptors (Lipinski definition) is 10. The van der Waals surface area contributed by atoms with Crippen LogP contribution in [-0.2, 0) is 26.2 Å². The Morgan fingerprint density at radius 1 is 0.560 bits per heavy atom. The first-order chi connectivity index (χ1) is 36.4. The number of aromatic hydroxyl groups is 1. The number of aromatic nitrogens is 2. The predicted molar refractivity (Wildman–Crippen MR) is 278 cm³/mol. The average molecular weight is 1010 g/mol. The molecule has 0 fully saturated rings. The number of carbonyl (C=O) groups excluding carboxylic acids is 4. The lowest BCUT2D eigenvalue weighted by Gasteiger charge is -2.24. The van der Waals surface area contributed by atoms with Gasteiger partial charge in [-0.25, -0.2) is 18.4 Å². The molecule has 8 aromatic rings. The van der Waals surface area contributed by atoms with Gasteiger partial charge in [0, 0.05) is 73.6 Å². The van der Waals surface area contributed by atoms with Crippen molar-refractivity contribution in [3.05, 3.63) is 202 Å². The maximum Gasteiger partial charge on any atom is 0.415 e. The number of ether oxygens (including phenoxy) is 3. The van der Waals surface area contributed by atoms with E-state index in [0.717, 1.165) is 22.3 Å². The lowest BCUT2D eigenvalue weighted by Crippen LogP contribution is -2.33. The number of phenols is 1. The van der Waals surface area contributed by atoms with Crippen LogP contribution in [0.5, 0.6) is 23.0 Å². The zero-order valence-corrected chi connectivity index (χ0v) is 41.8. The smallest absolute Gasteiger partial charge is 0.415 e. The van der Waals surface area contributed by atoms with Gasteiger partial charge in [-0.05, 0) is 98.5 Å². The lowest BCUT2D eigenvalue weighted by atomic mass is 9.99. The first kappa shape index (κ1) is 51.0. The Balaban J connectivity index is 0.000000195. The fourth-order valence-electron chi connectivity index (χ4n) is 9.41. The average Bonchev–Trinajstić information content (AvgIpc) is 3.96. The highest BCUT2D eigenvalue weighted by Crippen LogP contribution is 2.47. The van der Waals surface area contributed by atoms with E-state index in [-0.39, 0.29) is 66.3 Å². The Kier molecular flexibility index (Phi) is 15.3. The number of pyridine rings is 2. The molecule has 0 radical (unpaired) electrons. The largest absolute Gasteiger partial charge is 0.505 e. The lowest BCUT2D eigenvalue weighted by molar-refractivity contribution is 0.0755. The minimum absolute atomic E-state index is 0.0793. The van der Waals surface area contributed by atoms with Gasteiger partial charge in [0.2, 0.25) is 0 Å². The molecule has 16 heteroatoms. The van der Waals surface area contributed by atoms with E-state index in [1.165, 1.54) is 40.3 Å². The normalized spacial score (nSPS) is 12.6. The van der Waals surface area contributed by atoms with Gasteiger partial charge in [-0.1, -0.05) is 84.9 Å². The van der Waals surface area contributed by atoms with Gasteiger partial charge in [0.15, 0.2) is 11.5 Å². The van der Waals surface area contributed by atoms with Crippen molar-refractivity contribution in [1.29, 1.82) is 0 Å². The van der Waals surface area contributed by atoms with Crippen molar-refractivity contribution in [2.75, 3.05) is 26.2 Å². The van der Waals surface area contributed by atoms with Gasteiger partial charge >= 0.3 is 12.2 Å². The van der Waals surface area contributed by atoms with Crippen molar-refractivity contribution in [3.8, 4) is 23.0 Å². The molecule has 0 saturated carbocycles. The summed E-state index contributed by atoms with van der Waals surface area (Å²) in [6, 6.07) is 38.5. The third-order valence-electron chi connectivity index (χ3n) is 13.3. The highest BCUT2D eigenvalue weighted by molar-refractivity contribution is 6.10. The minimum atomic E-state index is -0.547. The molecule has 4 amide bonds. The second-order valence-corrected chi connectivity index (χ2v) is 17.8. The molecule has 0 spiro atoms. The van der Waals surface area contributed by atoms with Crippen molar-refractivity contribution in [1.82, 2.24) is 29.6 Å². The summed E-state index contributed by atoms with van der Waals surface area (Å²) in [7, 11) is 0. The third-order valence-corrected chi connectivity index (χ3v) is 13.3. The van der Waals surface area contributed by atoms with E-state index in [0.29, 0.717) is 70.7 Å². The molecule has 0 saturated heterocycles. The van der Waals surface area contributed by atoms with Crippen LogP contribution in [0, 0.1) is 11.6 Å². The standard InChI is InChI=1S/C36H32FN3O4.C23H22FN3O4/c1-3-39(4-2)36(42)44-33-28-16-11-21-38-31(28)34(43-32(25-12-7-5-8-13-25)26-14-9-6-10-15-26)30-29(33)23-40(35(30)41)22-24-17-19-27(37)20-18-24;1-3-26(4-2)23(30)31-21-16-6-5-11-25-19(16)20(28)18-17(21)13-27(22(18)29)12-14-7-9-15(24)10-8-14/h5-21,32H,3-4,22-23H2,1-2H3;5-11,28H,3-4,12-13H2,1-2H3. The Bertz CT molecular complexity index is 3350. The van der Waals surface area contributed by atoms with Gasteiger partial charge in [0.25, 0.3) is 11.8 Å². The fraction of sp³-hybridized carbons (Fsp3) is 0.220. The number of benzene rings is 6. The van der Waals surface area contributed by atoms with E-state index in [4.69, 9.17) is 14.2 Å². The first-order valence-electron chi connectivity index (χ1n) is 24.8. The van der Waals surface area contributed by atoms with Crippen molar-refractivity contribution in [3.63, 3.8) is 0 Å². The monoisotopic (exact) mass is 1010 g/mol. The summed E-state index contributed by atoms with van der Waals surface area (Å²) in [6.45, 7) is 10.1. The topological polar surface area (TPSA) is 155 Å². The van der Waals surface area contributed by atoms with E-state index in [1.54, 1.807) is 58.5 Å². The Morgan fingerprint density at radius 2 is 0.973 bits per heavy atom. The molecule has 2 aromatic heterocycles. The first-order valence-corrected chi connectivity index (χ1v) is 24.8. The molecule has 0 unspecified atom stereocenters. The summed E-state index contributed by atoms with van der Waals surface area (Å²) in [5.74, 6) is -0.795. The number of amides is 4. The minimum Gasteiger partial charge on any atom is -0.505 e. The van der Waals surface area contributed by atoms with Crippen LogP contribution in [0.1, 0.15) is 87.9 Å². The number of fused-ring (bicyclic) bond motifs is 4. The summed E-state index contributed by atoms with van der Waals surface area (Å²) >= 11 is 0. The van der Waals surface area contributed by atoms with E-state index in [1.807, 2.05) is 94.4 Å². The summed E-state index contributed by atoms with van der Waals surface area (Å²) in [4.78, 5) is 68.5. The molecule has 2 aliphatic heterocycles. The maximum absolute atomic E-state index is 14.3. The second kappa shape index (κ2) is 22.5. The van der Waals surface area contributed by atoms with Crippen molar-refractivity contribution in [2.45, 2.75) is 60.0 Å². The molecule has 4 heterocycles. The van der Waals surface area contributed by atoms with Crippen LogP contribution < -0.4 is 14.2 Å². The summed E-state index contributed by atoms with van der Waals surface area (Å²) in [5, 5.41) is 11.8. The summed E-state index contributed by atoms with van der Waals surface area (Å²) < 4.78 is 45.6. The van der Waals surface area contributed by atoms with Crippen LogP contribution in [0.2, 0.25) is 0 Å². The SMILES string of the molecule is CCN(CC)C(=O)Oc1c2c(c(O)c3ncccc13)C(=O)N(Cc1ccc(F)cc1)C2.CCN(CC)C(=O)Oc1c2c(c(OC(c3ccccc3)c3ccccc3)c3ncccc13)C(=O)N(Cc1ccc(F)cc1)C2. The van der Waals surface area contributed by atoms with E-state index < -0.39 is 24.2 Å². The highest BCUT2D eigenvalue weighted by atomic mass is 19.1. The zero-order valence-electron chi connectivity index (χ0n) is 41.8. The molecule has 1 N–H and O–H groups in total. The van der Waals surface area contributed by atoms with Crippen LogP contribution in [0.4, 0.5) is 18.4 Å². The van der Waals surface area contributed by atoms with Crippen molar-refractivity contribution < 1.29 is 47.3 Å². The van der Waals surface area contributed by atoms with Gasteiger partial charge < -0.3 is 38.9 Å². The third kappa shape index (κ3) is 10.5. The van der Waals surface area contributed by atoms with Gasteiger partial charge in [-0.3, -0.25) is 19.6 Å². The highest BCUT2D eigenvalue weighted by Gasteiger charge is 2.39. The summed E-state index contributed by atoms with van der Waals surface area (Å²) in [6.07, 6.45) is 1.54. The molecule has 0 aliphatic carbocycles. The number of hydrogen-bond donors (Lipinski definition) is 1. The van der Waals surface area contributed by atoms with Crippen LogP contribution >= 0.6 is 0 Å². The second-order valence-electron chi connectivity index (χ2n) is 17.8. The molecule has 6 aromatic carbocycles. The van der Waals surface area contributed by atoms with Gasteiger partial charge in [0.05, 0.1) is 24.2 Å². The van der Waals surface area contributed by atoms with Gasteiger partial charge in [-0.2, -0.15) is 0 Å². The molecule has 10 rings (SSSR count). The number of halogens is 2. The Hall–Kier alpha value is -8.92. The summed E-state index contributed by atoms with van der Waals surface area (Å²) in [5.41, 5.74) is 5.30. The van der Waals surface area contributed by atoms with E-state index in [9.17, 15) is 33.1 Å². The molecule has 0 atom stereocenters. The van der Waals surface area contributed by atoms with Crippen LogP contribution in [0.3, 0.4) is 0 Å². The molecule has 382 valence electrons. The van der Waals surface area contributed by atoms with E-state index >= 15 is 0 Å². The van der Waals surface area contributed by atoms with E-state index in [2.05, 4.69) is 9.97 Å². The Labute approximate surface area is 432 Å². The van der Waals surface area contributed by atoms with Crippen LogP contribution in [0.25, 0.3) is 21.8 Å². The van der Waals surface area contributed by atoms with Gasteiger partial charge in [0.1, 0.15) is 40.3 Å². The molecular weight excluding hydrogens is 959 g/mol. The quantitative estimate of drug-likeness (QED) is 0.111. The molecule has 2 aliphatic rings. The zero-order chi connectivity index (χ0) is 52.8. The van der Waals surface area contributed by atoms with Crippen molar-refractivity contribution >= 4 is 45.8 Å². The van der Waals surface area contributed by atoms with Crippen LogP contribution in [-0.4, -0.2) is 84.9 Å². The maximum atomic E-state index is 14.3. The number of carbonyl (C=O) groups is 4. The van der Waals surface area contributed by atoms with Gasteiger partial charge in [-0.15, -0.1) is 0 Å². The fourth-order valence-corrected chi connectivity index (χ4v) is 9.41. The molecule has 14 nitrogen and oxygen atoms in total. The van der Waals surface area contributed by atoms with Crippen molar-refractivity contribution in [2.24, 2.45) is 0 Å². The predicted octanol–water partition coefficient (Wildman–Crippen LogP) is 11.6. The number of nitrogens with zero attached hydrogens (tertiary/aromatic N) is 6.